The first kappa shape index (κ1) is 16.9. The smallest absolute Gasteiger partial charge is 0.141 e. The van der Waals surface area contributed by atoms with Crippen molar-refractivity contribution in [3.8, 4) is 0 Å². The predicted octanol–water partition coefficient (Wildman–Crippen LogP) is 3.46. The molecule has 0 atom stereocenters. The number of nitrogens with one attached hydrogen (secondary N) is 1. The third-order valence-electron chi connectivity index (χ3n) is 4.16. The predicted molar refractivity (Wildman–Crippen MR) is 95.8 cm³/mol. The molecule has 0 radical (unpaired) electrons. The summed E-state index contributed by atoms with van der Waals surface area (Å²) >= 11 is 5.83. The van der Waals surface area contributed by atoms with E-state index in [1.54, 1.807) is 12.1 Å². The van der Waals surface area contributed by atoms with Crippen molar-refractivity contribution in [3.05, 3.63) is 40.9 Å². The molecule has 0 bridgehead atoms. The third-order valence-corrected chi connectivity index (χ3v) is 4.45. The molecule has 0 amide bonds. The van der Waals surface area contributed by atoms with E-state index in [4.69, 9.17) is 11.6 Å². The summed E-state index contributed by atoms with van der Waals surface area (Å²) in [5.74, 6) is 1.85. The van der Waals surface area contributed by atoms with E-state index in [-0.39, 0.29) is 5.02 Å². The minimum Gasteiger partial charge on any atom is -0.354 e. The van der Waals surface area contributed by atoms with Gasteiger partial charge >= 0.3 is 0 Å². The number of benzene rings is 1. The molecule has 1 aliphatic rings. The maximum Gasteiger partial charge on any atom is 0.141 e. The third kappa shape index (κ3) is 3.94. The Labute approximate surface area is 146 Å². The molecule has 0 spiro atoms. The number of aryl methyl sites for hydroxylation is 1. The summed E-state index contributed by atoms with van der Waals surface area (Å²) in [6.07, 6.45) is 0. The average Bonchev–Trinajstić information content (AvgIpc) is 2.58. The molecule has 1 fully saturated rings. The van der Waals surface area contributed by atoms with Crippen molar-refractivity contribution < 1.29 is 4.39 Å². The second-order valence-electron chi connectivity index (χ2n) is 5.83. The van der Waals surface area contributed by atoms with Gasteiger partial charge in [-0.1, -0.05) is 18.5 Å². The van der Waals surface area contributed by atoms with Crippen LogP contribution in [0.1, 0.15) is 12.7 Å². The van der Waals surface area contributed by atoms with Gasteiger partial charge in [-0.2, -0.15) is 0 Å². The van der Waals surface area contributed by atoms with E-state index in [1.807, 2.05) is 13.0 Å². The summed E-state index contributed by atoms with van der Waals surface area (Å²) in [6.45, 7) is 9.10. The maximum atomic E-state index is 13.3. The van der Waals surface area contributed by atoms with Gasteiger partial charge in [0.05, 0.1) is 5.02 Å². The van der Waals surface area contributed by atoms with Crippen LogP contribution in [0.2, 0.25) is 5.02 Å². The Bertz CT molecular complexity index is 716. The Morgan fingerprint density at radius 2 is 1.92 bits per heavy atom. The van der Waals surface area contributed by atoms with Gasteiger partial charge in [-0.25, -0.2) is 14.4 Å². The van der Waals surface area contributed by atoms with Crippen molar-refractivity contribution in [3.63, 3.8) is 0 Å². The van der Waals surface area contributed by atoms with Gasteiger partial charge < -0.3 is 15.1 Å². The van der Waals surface area contributed by atoms with Crippen molar-refractivity contribution in [2.24, 2.45) is 0 Å². The van der Waals surface area contributed by atoms with E-state index in [2.05, 4.69) is 32.0 Å². The molecule has 0 saturated carbocycles. The minimum absolute atomic E-state index is 0.0849. The normalized spacial score (nSPS) is 15.6. The van der Waals surface area contributed by atoms with Gasteiger partial charge in [0.25, 0.3) is 0 Å². The molecule has 7 heteroatoms. The number of nitrogens with zero attached hydrogens (tertiary/aromatic N) is 4. The number of rotatable bonds is 4. The van der Waals surface area contributed by atoms with Crippen LogP contribution in [0.15, 0.2) is 24.3 Å². The molecule has 5 nitrogen and oxygen atoms in total. The molecular formula is C17H21ClFN5. The fourth-order valence-corrected chi connectivity index (χ4v) is 2.97. The van der Waals surface area contributed by atoms with Gasteiger partial charge in [0.15, 0.2) is 0 Å². The van der Waals surface area contributed by atoms with Crippen LogP contribution >= 0.6 is 11.6 Å². The zero-order valence-electron chi connectivity index (χ0n) is 13.9. The summed E-state index contributed by atoms with van der Waals surface area (Å²) in [6, 6.07) is 6.45. The number of piperazine rings is 1. The summed E-state index contributed by atoms with van der Waals surface area (Å²) in [5, 5.41) is 3.26. The van der Waals surface area contributed by atoms with Gasteiger partial charge in [-0.3, -0.25) is 0 Å². The SMILES string of the molecule is CCN1CCN(c2cc(Nc3ccc(F)c(Cl)c3)nc(C)n2)CC1. The fourth-order valence-electron chi connectivity index (χ4n) is 2.79. The molecule has 0 aliphatic carbocycles. The van der Waals surface area contributed by atoms with Crippen LogP contribution in [0, 0.1) is 12.7 Å². The standard InChI is InChI=1S/C17H21ClFN5/c1-3-23-6-8-24(9-7-23)17-11-16(20-12(2)21-17)22-13-4-5-15(19)14(18)10-13/h4-5,10-11H,3,6-9H2,1-2H3,(H,20,21,22). The molecule has 1 aromatic heterocycles. The second-order valence-corrected chi connectivity index (χ2v) is 6.24. The first-order chi connectivity index (χ1) is 11.5. The monoisotopic (exact) mass is 349 g/mol. The Hall–Kier alpha value is -1.92. The minimum atomic E-state index is -0.435. The van der Waals surface area contributed by atoms with E-state index >= 15 is 0 Å². The zero-order chi connectivity index (χ0) is 17.1. The van der Waals surface area contributed by atoms with Gasteiger partial charge in [-0.05, 0) is 31.7 Å². The zero-order valence-corrected chi connectivity index (χ0v) is 14.6. The first-order valence-electron chi connectivity index (χ1n) is 8.10. The highest BCUT2D eigenvalue weighted by Gasteiger charge is 2.18. The largest absolute Gasteiger partial charge is 0.354 e. The summed E-state index contributed by atoms with van der Waals surface area (Å²) in [5.41, 5.74) is 0.696. The molecule has 1 N–H and O–H groups in total. The van der Waals surface area contributed by atoms with Gasteiger partial charge in [0, 0.05) is 37.9 Å². The molecule has 3 rings (SSSR count). The topological polar surface area (TPSA) is 44.3 Å². The van der Waals surface area contributed by atoms with Crippen LogP contribution in [-0.2, 0) is 0 Å². The summed E-state index contributed by atoms with van der Waals surface area (Å²) < 4.78 is 13.3. The van der Waals surface area contributed by atoms with Gasteiger partial charge in [-0.15, -0.1) is 0 Å². The van der Waals surface area contributed by atoms with Crippen molar-refractivity contribution in [2.45, 2.75) is 13.8 Å². The molecule has 1 saturated heterocycles. The summed E-state index contributed by atoms with van der Waals surface area (Å²) in [4.78, 5) is 13.7. The maximum absolute atomic E-state index is 13.3. The highest BCUT2D eigenvalue weighted by molar-refractivity contribution is 6.31. The lowest BCUT2D eigenvalue weighted by Gasteiger charge is -2.34. The molecule has 128 valence electrons. The number of hydrogen-bond acceptors (Lipinski definition) is 5. The molecule has 0 unspecified atom stereocenters. The highest BCUT2D eigenvalue weighted by Crippen LogP contribution is 2.24. The molecule has 1 aliphatic heterocycles. The molecule has 2 heterocycles. The average molecular weight is 350 g/mol. The first-order valence-corrected chi connectivity index (χ1v) is 8.48. The lowest BCUT2D eigenvalue weighted by molar-refractivity contribution is 0.270. The van der Waals surface area contributed by atoms with E-state index in [9.17, 15) is 4.39 Å². The number of hydrogen-bond donors (Lipinski definition) is 1. The quantitative estimate of drug-likeness (QED) is 0.915. The van der Waals surface area contributed by atoms with Crippen molar-refractivity contribution in [1.82, 2.24) is 14.9 Å². The van der Waals surface area contributed by atoms with Crippen LogP contribution in [0.5, 0.6) is 0 Å². The number of aromatic nitrogens is 2. The van der Waals surface area contributed by atoms with Crippen LogP contribution in [0.4, 0.5) is 21.7 Å². The van der Waals surface area contributed by atoms with Crippen LogP contribution in [-0.4, -0.2) is 47.6 Å². The Kier molecular flexibility index (Phi) is 5.16. The van der Waals surface area contributed by atoms with Crippen LogP contribution < -0.4 is 10.2 Å². The Balaban J connectivity index is 1.77. The van der Waals surface area contributed by atoms with E-state index in [0.717, 1.165) is 38.5 Å². The molecule has 2 aromatic rings. The number of likely N-dealkylation sites (N-methyl/N-ethyl adjacent to an activating group) is 1. The van der Waals surface area contributed by atoms with Gasteiger partial charge in [0.2, 0.25) is 0 Å². The van der Waals surface area contributed by atoms with E-state index in [1.165, 1.54) is 6.07 Å². The van der Waals surface area contributed by atoms with Gasteiger partial charge in [0.1, 0.15) is 23.3 Å². The Morgan fingerprint density at radius 1 is 1.17 bits per heavy atom. The molecular weight excluding hydrogens is 329 g/mol. The summed E-state index contributed by atoms with van der Waals surface area (Å²) in [7, 11) is 0. The van der Waals surface area contributed by atoms with E-state index < -0.39 is 5.82 Å². The lowest BCUT2D eigenvalue weighted by Crippen LogP contribution is -2.46. The van der Waals surface area contributed by atoms with E-state index in [0.29, 0.717) is 17.3 Å². The van der Waals surface area contributed by atoms with Crippen molar-refractivity contribution in [2.75, 3.05) is 42.9 Å². The molecule has 24 heavy (non-hydrogen) atoms. The van der Waals surface area contributed by atoms with Crippen LogP contribution in [0.25, 0.3) is 0 Å². The van der Waals surface area contributed by atoms with Crippen molar-refractivity contribution >= 4 is 28.9 Å². The lowest BCUT2D eigenvalue weighted by atomic mass is 10.3. The highest BCUT2D eigenvalue weighted by atomic mass is 35.5. The molecule has 1 aromatic carbocycles. The Morgan fingerprint density at radius 3 is 2.58 bits per heavy atom. The number of halogens is 2. The van der Waals surface area contributed by atoms with Crippen molar-refractivity contribution in [1.29, 1.82) is 0 Å². The van der Waals surface area contributed by atoms with Crippen LogP contribution in [0.3, 0.4) is 0 Å². The second kappa shape index (κ2) is 7.32. The number of anilines is 3. The fraction of sp³-hybridized carbons (Fsp3) is 0.412.